The predicted octanol–water partition coefficient (Wildman–Crippen LogP) is 3.55. The van der Waals surface area contributed by atoms with Crippen LogP contribution in [0.4, 0.5) is 11.8 Å². The maximum Gasteiger partial charge on any atom is 0.225 e. The number of methoxy groups -OCH3 is 1. The molecule has 2 aromatic rings. The maximum absolute atomic E-state index is 6.17. The van der Waals surface area contributed by atoms with Crippen molar-refractivity contribution in [3.63, 3.8) is 0 Å². The van der Waals surface area contributed by atoms with E-state index in [9.17, 15) is 0 Å². The lowest BCUT2D eigenvalue weighted by atomic mass is 10.1. The van der Waals surface area contributed by atoms with Crippen LogP contribution in [-0.2, 0) is 0 Å². The fourth-order valence-corrected chi connectivity index (χ4v) is 2.35. The van der Waals surface area contributed by atoms with Gasteiger partial charge in [-0.3, -0.25) is 0 Å². The number of ether oxygens (including phenoxy) is 1. The van der Waals surface area contributed by atoms with Crippen LogP contribution >= 0.6 is 23.2 Å². The minimum atomic E-state index is -0.0706. The van der Waals surface area contributed by atoms with Crippen LogP contribution in [0.25, 0.3) is 0 Å². The Morgan fingerprint density at radius 3 is 2.65 bits per heavy atom. The highest BCUT2D eigenvalue weighted by molar-refractivity contribution is 6.35. The van der Waals surface area contributed by atoms with Crippen LogP contribution in [0.3, 0.4) is 0 Å². The Kier molecular flexibility index (Phi) is 4.52. The number of benzene rings is 1. The topological polar surface area (TPSA) is 73.1 Å². The van der Waals surface area contributed by atoms with Crippen LogP contribution in [0.2, 0.25) is 10.0 Å². The summed E-state index contributed by atoms with van der Waals surface area (Å²) in [6, 6.07) is 6.95. The average Bonchev–Trinajstić information content (AvgIpc) is 2.37. The number of hydrogen-bond acceptors (Lipinski definition) is 5. The van der Waals surface area contributed by atoms with E-state index in [4.69, 9.17) is 33.7 Å². The summed E-state index contributed by atoms with van der Waals surface area (Å²) in [5.74, 6) is 1.10. The molecule has 0 aliphatic rings. The number of nitrogen functional groups attached to an aromatic ring is 1. The first-order valence-electron chi connectivity index (χ1n) is 5.89. The molecule has 2 rings (SSSR count). The molecule has 5 nitrogen and oxygen atoms in total. The Morgan fingerprint density at radius 2 is 2.00 bits per heavy atom. The molecule has 7 heteroatoms. The van der Waals surface area contributed by atoms with Gasteiger partial charge in [-0.1, -0.05) is 29.3 Å². The molecule has 0 spiro atoms. The van der Waals surface area contributed by atoms with Gasteiger partial charge >= 0.3 is 0 Å². The SMILES string of the molecule is COc1cc(NC(C)c2ccc(Cl)cc2Cl)nc(N)n1. The first kappa shape index (κ1) is 14.7. The predicted molar refractivity (Wildman–Crippen MR) is 81.5 cm³/mol. The number of hydrogen-bond donors (Lipinski definition) is 2. The van der Waals surface area contributed by atoms with Crippen molar-refractivity contribution < 1.29 is 4.74 Å². The fourth-order valence-electron chi connectivity index (χ4n) is 1.77. The summed E-state index contributed by atoms with van der Waals surface area (Å²) in [4.78, 5) is 8.02. The number of nitrogens with two attached hydrogens (primary N) is 1. The smallest absolute Gasteiger partial charge is 0.225 e. The van der Waals surface area contributed by atoms with Crippen LogP contribution in [0, 0.1) is 0 Å². The maximum atomic E-state index is 6.17. The van der Waals surface area contributed by atoms with E-state index in [2.05, 4.69) is 15.3 Å². The highest BCUT2D eigenvalue weighted by atomic mass is 35.5. The third kappa shape index (κ3) is 3.43. The Hall–Kier alpha value is -1.72. The molecule has 106 valence electrons. The lowest BCUT2D eigenvalue weighted by molar-refractivity contribution is 0.398. The van der Waals surface area contributed by atoms with Gasteiger partial charge in [0.2, 0.25) is 11.8 Å². The zero-order valence-electron chi connectivity index (χ0n) is 11.0. The van der Waals surface area contributed by atoms with Gasteiger partial charge in [-0.25, -0.2) is 0 Å². The molecule has 0 aliphatic heterocycles. The first-order valence-corrected chi connectivity index (χ1v) is 6.65. The summed E-state index contributed by atoms with van der Waals surface area (Å²) >= 11 is 12.1. The minimum absolute atomic E-state index is 0.0706. The molecular formula is C13H14Cl2N4O. The first-order chi connectivity index (χ1) is 9.49. The van der Waals surface area contributed by atoms with Gasteiger partial charge in [-0.15, -0.1) is 0 Å². The third-order valence-corrected chi connectivity index (χ3v) is 3.28. The lowest BCUT2D eigenvalue weighted by Crippen LogP contribution is -2.10. The Morgan fingerprint density at radius 1 is 1.25 bits per heavy atom. The molecule has 0 bridgehead atoms. The molecule has 0 fully saturated rings. The Balaban J connectivity index is 2.22. The van der Waals surface area contributed by atoms with E-state index >= 15 is 0 Å². The molecule has 0 amide bonds. The number of nitrogens with one attached hydrogen (secondary N) is 1. The summed E-state index contributed by atoms with van der Waals surface area (Å²) in [6.07, 6.45) is 0. The molecule has 1 aromatic carbocycles. The molecule has 0 saturated carbocycles. The molecule has 3 N–H and O–H groups in total. The standard InChI is InChI=1S/C13H14Cl2N4O/c1-7(9-4-3-8(14)5-10(9)15)17-11-6-12(20-2)19-13(16)18-11/h3-7H,1-2H3,(H3,16,17,18,19). The van der Waals surface area contributed by atoms with Crippen molar-refractivity contribution in [3.8, 4) is 5.88 Å². The van der Waals surface area contributed by atoms with Crippen molar-refractivity contribution in [1.29, 1.82) is 0 Å². The van der Waals surface area contributed by atoms with E-state index in [1.165, 1.54) is 7.11 Å². The fraction of sp³-hybridized carbons (Fsp3) is 0.231. The van der Waals surface area contributed by atoms with Gasteiger partial charge in [0.25, 0.3) is 0 Å². The van der Waals surface area contributed by atoms with Gasteiger partial charge in [0, 0.05) is 16.1 Å². The molecule has 20 heavy (non-hydrogen) atoms. The molecule has 1 unspecified atom stereocenters. The third-order valence-electron chi connectivity index (χ3n) is 2.72. The second-order valence-corrected chi connectivity index (χ2v) is 5.03. The summed E-state index contributed by atoms with van der Waals surface area (Å²) in [5, 5.41) is 4.38. The van der Waals surface area contributed by atoms with Crippen LogP contribution in [0.5, 0.6) is 5.88 Å². The van der Waals surface area contributed by atoms with Crippen molar-refractivity contribution in [1.82, 2.24) is 9.97 Å². The largest absolute Gasteiger partial charge is 0.481 e. The van der Waals surface area contributed by atoms with Crippen molar-refractivity contribution in [2.45, 2.75) is 13.0 Å². The Labute approximate surface area is 127 Å². The van der Waals surface area contributed by atoms with E-state index in [1.54, 1.807) is 18.2 Å². The molecule has 1 heterocycles. The Bertz CT molecular complexity index is 621. The summed E-state index contributed by atoms with van der Waals surface area (Å²) in [6.45, 7) is 1.96. The van der Waals surface area contributed by atoms with Crippen molar-refractivity contribution >= 4 is 35.0 Å². The van der Waals surface area contributed by atoms with Crippen molar-refractivity contribution in [2.24, 2.45) is 0 Å². The highest BCUT2D eigenvalue weighted by Crippen LogP contribution is 2.28. The average molecular weight is 313 g/mol. The van der Waals surface area contributed by atoms with Gasteiger partial charge in [0.05, 0.1) is 13.2 Å². The van der Waals surface area contributed by atoms with E-state index in [0.717, 1.165) is 5.56 Å². The summed E-state index contributed by atoms with van der Waals surface area (Å²) in [5.41, 5.74) is 6.52. The molecular weight excluding hydrogens is 299 g/mol. The number of nitrogens with zero attached hydrogens (tertiary/aromatic N) is 2. The van der Waals surface area contributed by atoms with Gasteiger partial charge in [-0.2, -0.15) is 9.97 Å². The van der Waals surface area contributed by atoms with Gasteiger partial charge in [-0.05, 0) is 24.6 Å². The zero-order chi connectivity index (χ0) is 14.7. The molecule has 1 atom stereocenters. The van der Waals surface area contributed by atoms with E-state index in [-0.39, 0.29) is 12.0 Å². The zero-order valence-corrected chi connectivity index (χ0v) is 12.5. The molecule has 0 radical (unpaired) electrons. The lowest BCUT2D eigenvalue weighted by Gasteiger charge is -2.17. The normalized spacial score (nSPS) is 12.0. The van der Waals surface area contributed by atoms with Crippen molar-refractivity contribution in [3.05, 3.63) is 39.9 Å². The summed E-state index contributed by atoms with van der Waals surface area (Å²) < 4.78 is 5.05. The highest BCUT2D eigenvalue weighted by Gasteiger charge is 2.12. The van der Waals surface area contributed by atoms with Crippen LogP contribution in [0.15, 0.2) is 24.3 Å². The molecule has 0 saturated heterocycles. The van der Waals surface area contributed by atoms with Crippen molar-refractivity contribution in [2.75, 3.05) is 18.2 Å². The minimum Gasteiger partial charge on any atom is -0.481 e. The van der Waals surface area contributed by atoms with E-state index in [1.807, 2.05) is 13.0 Å². The molecule has 0 aliphatic carbocycles. The number of anilines is 2. The van der Waals surface area contributed by atoms with Crippen LogP contribution < -0.4 is 15.8 Å². The second-order valence-electron chi connectivity index (χ2n) is 4.19. The van der Waals surface area contributed by atoms with Gasteiger partial charge in [0.15, 0.2) is 0 Å². The van der Waals surface area contributed by atoms with E-state index < -0.39 is 0 Å². The quantitative estimate of drug-likeness (QED) is 0.903. The van der Waals surface area contributed by atoms with Gasteiger partial charge < -0.3 is 15.8 Å². The van der Waals surface area contributed by atoms with Crippen LogP contribution in [0.1, 0.15) is 18.5 Å². The second kappa shape index (κ2) is 6.15. The molecule has 1 aromatic heterocycles. The van der Waals surface area contributed by atoms with E-state index in [0.29, 0.717) is 21.7 Å². The van der Waals surface area contributed by atoms with Crippen LogP contribution in [-0.4, -0.2) is 17.1 Å². The monoisotopic (exact) mass is 312 g/mol. The number of aromatic nitrogens is 2. The summed E-state index contributed by atoms with van der Waals surface area (Å²) in [7, 11) is 1.52. The number of halogens is 2. The number of rotatable bonds is 4. The van der Waals surface area contributed by atoms with Gasteiger partial charge in [0.1, 0.15) is 5.82 Å².